The minimum absolute atomic E-state index is 0.0154. The van der Waals surface area contributed by atoms with Crippen molar-refractivity contribution in [3.63, 3.8) is 0 Å². The molecule has 2 aromatic rings. The first-order valence-corrected chi connectivity index (χ1v) is 8.68. The Morgan fingerprint density at radius 1 is 1.32 bits per heavy atom. The van der Waals surface area contributed by atoms with E-state index in [1.165, 1.54) is 0 Å². The highest BCUT2D eigenvalue weighted by molar-refractivity contribution is 5.93. The molecule has 7 heteroatoms. The summed E-state index contributed by atoms with van der Waals surface area (Å²) in [5.41, 5.74) is 0.720. The van der Waals surface area contributed by atoms with Crippen molar-refractivity contribution in [2.75, 3.05) is 19.8 Å². The molecule has 1 saturated carbocycles. The van der Waals surface area contributed by atoms with Crippen LogP contribution >= 0.6 is 0 Å². The van der Waals surface area contributed by atoms with Crippen molar-refractivity contribution in [2.24, 2.45) is 13.0 Å². The largest absolute Gasteiger partial charge is 0.463 e. The number of hydrogen-bond donors (Lipinski definition) is 0. The van der Waals surface area contributed by atoms with Gasteiger partial charge in [-0.05, 0) is 31.0 Å². The first kappa shape index (κ1) is 16.1. The fraction of sp³-hybridized carbons (Fsp3) is 0.500. The highest BCUT2D eigenvalue weighted by atomic mass is 16.5. The summed E-state index contributed by atoms with van der Waals surface area (Å²) in [6.07, 6.45) is 7.15. The fourth-order valence-corrected chi connectivity index (χ4v) is 3.86. The maximum Gasteiger partial charge on any atom is 0.316 e. The molecule has 0 spiro atoms. The van der Waals surface area contributed by atoms with Gasteiger partial charge in [0.25, 0.3) is 5.91 Å². The zero-order chi connectivity index (χ0) is 17.2. The molecule has 0 unspecified atom stereocenters. The molecule has 3 heterocycles. The van der Waals surface area contributed by atoms with Gasteiger partial charge in [-0.2, -0.15) is 0 Å². The first-order valence-electron chi connectivity index (χ1n) is 8.68. The lowest BCUT2D eigenvalue weighted by atomic mass is 10.0. The quantitative estimate of drug-likeness (QED) is 0.842. The second-order valence-corrected chi connectivity index (χ2v) is 6.59. The van der Waals surface area contributed by atoms with Crippen LogP contribution in [0.15, 0.2) is 36.8 Å². The second-order valence-electron chi connectivity index (χ2n) is 6.59. The van der Waals surface area contributed by atoms with E-state index in [0.717, 1.165) is 18.5 Å². The van der Waals surface area contributed by atoms with Crippen LogP contribution in [0.3, 0.4) is 0 Å². The number of nitrogens with zero attached hydrogens (tertiary/aromatic N) is 4. The van der Waals surface area contributed by atoms with Crippen molar-refractivity contribution >= 4 is 5.91 Å². The van der Waals surface area contributed by atoms with Crippen molar-refractivity contribution in [3.05, 3.63) is 42.5 Å². The molecule has 1 aliphatic heterocycles. The van der Waals surface area contributed by atoms with Crippen LogP contribution in [0.25, 0.3) is 0 Å². The number of hydrogen-bond acceptors (Lipinski definition) is 5. The normalized spacial score (nSPS) is 25.6. The molecule has 4 rings (SSSR count). The molecule has 7 nitrogen and oxygen atoms in total. The van der Waals surface area contributed by atoms with Crippen molar-refractivity contribution in [2.45, 2.75) is 25.0 Å². The van der Waals surface area contributed by atoms with Gasteiger partial charge < -0.3 is 18.9 Å². The third-order valence-corrected chi connectivity index (χ3v) is 5.11. The molecular weight excluding hydrogens is 320 g/mol. The summed E-state index contributed by atoms with van der Waals surface area (Å²) in [6.45, 7) is 1.72. The van der Waals surface area contributed by atoms with Gasteiger partial charge in [-0.15, -0.1) is 0 Å². The zero-order valence-electron chi connectivity index (χ0n) is 14.2. The van der Waals surface area contributed by atoms with E-state index in [1.807, 2.05) is 34.8 Å². The van der Waals surface area contributed by atoms with E-state index in [1.54, 1.807) is 18.5 Å². The van der Waals surface area contributed by atoms with Gasteiger partial charge in [0.15, 0.2) is 0 Å². The number of amides is 1. The van der Waals surface area contributed by atoms with E-state index < -0.39 is 0 Å². The summed E-state index contributed by atoms with van der Waals surface area (Å²) in [5.74, 6) is 0.330. The molecule has 0 aromatic carbocycles. The van der Waals surface area contributed by atoms with Gasteiger partial charge in [0.1, 0.15) is 5.69 Å². The lowest BCUT2D eigenvalue weighted by molar-refractivity contribution is -0.0685. The van der Waals surface area contributed by atoms with Gasteiger partial charge in [0.2, 0.25) is 0 Å². The van der Waals surface area contributed by atoms with Crippen LogP contribution in [-0.2, 0) is 11.8 Å². The SMILES string of the molecule is Cn1cccc1C(=O)N1CCO[C@@H]2[C@@H](COc3ncccn3)CC[C@H]21. The Bertz CT molecular complexity index is 733. The summed E-state index contributed by atoms with van der Waals surface area (Å²) < 4.78 is 13.6. The molecule has 1 aliphatic carbocycles. The van der Waals surface area contributed by atoms with E-state index in [9.17, 15) is 4.79 Å². The summed E-state index contributed by atoms with van der Waals surface area (Å²) in [7, 11) is 1.90. The molecule has 25 heavy (non-hydrogen) atoms. The van der Waals surface area contributed by atoms with Crippen LogP contribution in [0.4, 0.5) is 0 Å². The van der Waals surface area contributed by atoms with Crippen LogP contribution < -0.4 is 4.74 Å². The zero-order valence-corrected chi connectivity index (χ0v) is 14.2. The van der Waals surface area contributed by atoms with Gasteiger partial charge in [0.05, 0.1) is 25.4 Å². The molecule has 0 radical (unpaired) electrons. The van der Waals surface area contributed by atoms with Gasteiger partial charge in [-0.3, -0.25) is 4.79 Å². The second kappa shape index (κ2) is 6.84. The summed E-state index contributed by atoms with van der Waals surface area (Å²) in [4.78, 5) is 23.1. The number of aromatic nitrogens is 3. The Kier molecular flexibility index (Phi) is 4.40. The van der Waals surface area contributed by atoms with Crippen LogP contribution in [0, 0.1) is 5.92 Å². The molecule has 0 N–H and O–H groups in total. The number of aryl methyl sites for hydroxylation is 1. The Hall–Kier alpha value is -2.41. The summed E-state index contributed by atoms with van der Waals surface area (Å²) in [6, 6.07) is 6.03. The molecule has 1 amide bonds. The Morgan fingerprint density at radius 3 is 2.92 bits per heavy atom. The molecule has 0 bridgehead atoms. The van der Waals surface area contributed by atoms with Crippen molar-refractivity contribution in [1.29, 1.82) is 0 Å². The molecular formula is C18H22N4O3. The highest BCUT2D eigenvalue weighted by Gasteiger charge is 2.45. The van der Waals surface area contributed by atoms with E-state index in [2.05, 4.69) is 9.97 Å². The molecule has 132 valence electrons. The molecule has 2 aromatic heterocycles. The van der Waals surface area contributed by atoms with Crippen molar-refractivity contribution in [1.82, 2.24) is 19.4 Å². The van der Waals surface area contributed by atoms with Gasteiger partial charge >= 0.3 is 6.01 Å². The van der Waals surface area contributed by atoms with Gasteiger partial charge in [-0.1, -0.05) is 0 Å². The van der Waals surface area contributed by atoms with E-state index in [-0.39, 0.29) is 24.0 Å². The predicted molar refractivity (Wildman–Crippen MR) is 90.2 cm³/mol. The number of ether oxygens (including phenoxy) is 2. The summed E-state index contributed by atoms with van der Waals surface area (Å²) in [5, 5.41) is 0. The van der Waals surface area contributed by atoms with Crippen LogP contribution in [-0.4, -0.2) is 57.2 Å². The molecule has 2 aliphatic rings. The number of rotatable bonds is 4. The maximum atomic E-state index is 12.9. The first-order chi connectivity index (χ1) is 12.2. The Labute approximate surface area is 146 Å². The minimum Gasteiger partial charge on any atom is -0.463 e. The lowest BCUT2D eigenvalue weighted by Gasteiger charge is -2.39. The van der Waals surface area contributed by atoms with Crippen LogP contribution in [0.5, 0.6) is 6.01 Å². The number of fused-ring (bicyclic) bond motifs is 1. The van der Waals surface area contributed by atoms with Gasteiger partial charge in [0, 0.05) is 38.1 Å². The highest BCUT2D eigenvalue weighted by Crippen LogP contribution is 2.35. The van der Waals surface area contributed by atoms with Crippen LogP contribution in [0.2, 0.25) is 0 Å². The van der Waals surface area contributed by atoms with E-state index >= 15 is 0 Å². The minimum atomic E-state index is 0.0154. The van der Waals surface area contributed by atoms with Crippen molar-refractivity contribution < 1.29 is 14.3 Å². The topological polar surface area (TPSA) is 69.5 Å². The molecule has 1 saturated heterocycles. The maximum absolute atomic E-state index is 12.9. The average molecular weight is 342 g/mol. The molecule has 3 atom stereocenters. The third-order valence-electron chi connectivity index (χ3n) is 5.11. The standard InChI is InChI=1S/C18H22N4O3/c1-21-9-2-4-15(21)17(23)22-10-11-24-16-13(5-6-14(16)22)12-25-18-19-7-3-8-20-18/h2-4,7-9,13-14,16H,5-6,10-12H2,1H3/t13-,14-,16-/m1/s1. The number of morpholine rings is 1. The third kappa shape index (κ3) is 3.11. The Balaban J connectivity index is 1.43. The Morgan fingerprint density at radius 2 is 2.16 bits per heavy atom. The smallest absolute Gasteiger partial charge is 0.316 e. The summed E-state index contributed by atoms with van der Waals surface area (Å²) >= 11 is 0. The van der Waals surface area contributed by atoms with E-state index in [0.29, 0.717) is 25.8 Å². The van der Waals surface area contributed by atoms with Crippen molar-refractivity contribution in [3.8, 4) is 6.01 Å². The number of carbonyl (C=O) groups excluding carboxylic acids is 1. The van der Waals surface area contributed by atoms with E-state index in [4.69, 9.17) is 9.47 Å². The predicted octanol–water partition coefficient (Wildman–Crippen LogP) is 1.51. The fourth-order valence-electron chi connectivity index (χ4n) is 3.86. The van der Waals surface area contributed by atoms with Gasteiger partial charge in [-0.25, -0.2) is 9.97 Å². The van der Waals surface area contributed by atoms with Crippen LogP contribution in [0.1, 0.15) is 23.3 Å². The monoisotopic (exact) mass is 342 g/mol. The lowest BCUT2D eigenvalue weighted by Crippen LogP contribution is -2.53. The average Bonchev–Trinajstić information content (AvgIpc) is 3.26. The molecule has 2 fully saturated rings. The number of carbonyl (C=O) groups is 1.